The summed E-state index contributed by atoms with van der Waals surface area (Å²) >= 11 is 0. The maximum absolute atomic E-state index is 12.6. The Balaban J connectivity index is 1.52. The molecule has 1 N–H and O–H groups in total. The van der Waals surface area contributed by atoms with Crippen LogP contribution in [0.25, 0.3) is 5.65 Å². The molecule has 3 aromatic rings. The van der Waals surface area contributed by atoms with Crippen molar-refractivity contribution >= 4 is 11.6 Å². The van der Waals surface area contributed by atoms with Crippen molar-refractivity contribution in [3.05, 3.63) is 52.1 Å². The molecule has 1 aliphatic rings. The molecule has 3 aromatic heterocycles. The number of aromatic nitrogens is 6. The summed E-state index contributed by atoms with van der Waals surface area (Å²) in [5.74, 6) is 0.792. The van der Waals surface area contributed by atoms with Gasteiger partial charge < -0.3 is 9.88 Å². The average molecular weight is 381 g/mol. The highest BCUT2D eigenvalue weighted by Gasteiger charge is 2.29. The molecule has 0 saturated carbocycles. The summed E-state index contributed by atoms with van der Waals surface area (Å²) in [5.41, 5.74) is 1.49. The Morgan fingerprint density at radius 2 is 1.93 bits per heavy atom. The predicted molar refractivity (Wildman–Crippen MR) is 102 cm³/mol. The Bertz CT molecular complexity index is 1070. The van der Waals surface area contributed by atoms with E-state index in [-0.39, 0.29) is 28.5 Å². The van der Waals surface area contributed by atoms with Crippen LogP contribution in [-0.2, 0) is 5.41 Å². The summed E-state index contributed by atoms with van der Waals surface area (Å²) in [6.45, 7) is 7.52. The molecule has 0 bridgehead atoms. The molecule has 4 heterocycles. The first-order chi connectivity index (χ1) is 13.3. The van der Waals surface area contributed by atoms with Crippen LogP contribution in [0.1, 0.15) is 61.5 Å². The summed E-state index contributed by atoms with van der Waals surface area (Å²) in [7, 11) is 0. The standard InChI is InChI=1S/C19H23N7O2/c1-19(2,3)14-4-5-15-22-23-17(26(15)24-14)12-6-8-25(9-7-12)18(28)13-10-16(27)21-11-20-13/h4-5,10-12H,6-9H2,1-3H3,(H,20,21,27). The van der Waals surface area contributed by atoms with E-state index in [9.17, 15) is 9.59 Å². The van der Waals surface area contributed by atoms with Gasteiger partial charge in [-0.15, -0.1) is 10.2 Å². The third kappa shape index (κ3) is 3.39. The molecule has 1 amide bonds. The molecule has 0 aromatic carbocycles. The fourth-order valence-corrected chi connectivity index (χ4v) is 3.45. The van der Waals surface area contributed by atoms with Gasteiger partial charge in [0, 0.05) is 30.5 Å². The first kappa shape index (κ1) is 18.3. The highest BCUT2D eigenvalue weighted by atomic mass is 16.2. The van der Waals surface area contributed by atoms with E-state index in [0.29, 0.717) is 13.1 Å². The van der Waals surface area contributed by atoms with Gasteiger partial charge in [-0.25, -0.2) is 4.98 Å². The van der Waals surface area contributed by atoms with Gasteiger partial charge in [0.05, 0.1) is 12.0 Å². The Morgan fingerprint density at radius 1 is 1.18 bits per heavy atom. The predicted octanol–water partition coefficient (Wildman–Crippen LogP) is 1.52. The molecule has 0 unspecified atom stereocenters. The van der Waals surface area contributed by atoms with Crippen LogP contribution in [-0.4, -0.2) is 53.7 Å². The zero-order valence-electron chi connectivity index (χ0n) is 16.2. The van der Waals surface area contributed by atoms with E-state index in [4.69, 9.17) is 5.10 Å². The summed E-state index contributed by atoms with van der Waals surface area (Å²) in [6, 6.07) is 5.17. The number of likely N-dealkylation sites (tertiary alicyclic amines) is 1. The van der Waals surface area contributed by atoms with Crippen molar-refractivity contribution < 1.29 is 4.79 Å². The molecule has 1 aliphatic heterocycles. The normalized spacial score (nSPS) is 15.9. The molecule has 0 atom stereocenters. The molecule has 9 heteroatoms. The smallest absolute Gasteiger partial charge is 0.272 e. The third-order valence-electron chi connectivity index (χ3n) is 5.10. The van der Waals surface area contributed by atoms with Gasteiger partial charge in [0.15, 0.2) is 11.5 Å². The van der Waals surface area contributed by atoms with Crippen molar-refractivity contribution in [2.24, 2.45) is 0 Å². The van der Waals surface area contributed by atoms with Gasteiger partial charge >= 0.3 is 0 Å². The first-order valence-electron chi connectivity index (χ1n) is 9.40. The van der Waals surface area contributed by atoms with Crippen LogP contribution >= 0.6 is 0 Å². The molecule has 146 valence electrons. The average Bonchev–Trinajstić information content (AvgIpc) is 3.10. The number of rotatable bonds is 2. The molecule has 0 spiro atoms. The number of piperidine rings is 1. The molecule has 1 saturated heterocycles. The van der Waals surface area contributed by atoms with E-state index >= 15 is 0 Å². The van der Waals surface area contributed by atoms with E-state index in [0.717, 1.165) is 30.0 Å². The van der Waals surface area contributed by atoms with Gasteiger partial charge in [0.2, 0.25) is 0 Å². The Labute approximate surface area is 161 Å². The SMILES string of the molecule is CC(C)(C)c1ccc2nnc(C3CCN(C(=O)c4cc(=O)[nH]cn4)CC3)n2n1. The largest absolute Gasteiger partial charge is 0.337 e. The lowest BCUT2D eigenvalue weighted by atomic mass is 9.92. The van der Waals surface area contributed by atoms with Gasteiger partial charge in [-0.05, 0) is 25.0 Å². The lowest BCUT2D eigenvalue weighted by molar-refractivity contribution is 0.0704. The number of H-pyrrole nitrogens is 1. The van der Waals surface area contributed by atoms with E-state index in [1.54, 1.807) is 4.90 Å². The van der Waals surface area contributed by atoms with Crippen LogP contribution in [0.5, 0.6) is 0 Å². The van der Waals surface area contributed by atoms with Gasteiger partial charge in [-0.2, -0.15) is 9.61 Å². The molecule has 0 radical (unpaired) electrons. The topological polar surface area (TPSA) is 109 Å². The second-order valence-corrected chi connectivity index (χ2v) is 8.16. The first-order valence-corrected chi connectivity index (χ1v) is 9.40. The van der Waals surface area contributed by atoms with E-state index in [1.807, 2.05) is 16.6 Å². The Morgan fingerprint density at radius 3 is 2.61 bits per heavy atom. The van der Waals surface area contributed by atoms with Gasteiger partial charge in [-0.1, -0.05) is 20.8 Å². The number of amides is 1. The molecule has 0 aliphatic carbocycles. The van der Waals surface area contributed by atoms with Crippen molar-refractivity contribution in [3.63, 3.8) is 0 Å². The maximum Gasteiger partial charge on any atom is 0.272 e. The number of fused-ring (bicyclic) bond motifs is 1. The zero-order valence-corrected chi connectivity index (χ0v) is 16.2. The molecule has 28 heavy (non-hydrogen) atoms. The summed E-state index contributed by atoms with van der Waals surface area (Å²) in [4.78, 5) is 32.1. The number of carbonyl (C=O) groups excluding carboxylic acids is 1. The van der Waals surface area contributed by atoms with Crippen LogP contribution in [0.4, 0.5) is 0 Å². The van der Waals surface area contributed by atoms with Crippen molar-refractivity contribution in [1.29, 1.82) is 0 Å². The minimum Gasteiger partial charge on any atom is -0.337 e. The highest BCUT2D eigenvalue weighted by Crippen LogP contribution is 2.28. The maximum atomic E-state index is 12.6. The zero-order chi connectivity index (χ0) is 19.9. The van der Waals surface area contributed by atoms with Crippen molar-refractivity contribution in [2.75, 3.05) is 13.1 Å². The van der Waals surface area contributed by atoms with Crippen LogP contribution < -0.4 is 5.56 Å². The number of nitrogens with zero attached hydrogens (tertiary/aromatic N) is 6. The number of nitrogens with one attached hydrogen (secondary N) is 1. The number of carbonyl (C=O) groups is 1. The summed E-state index contributed by atoms with van der Waals surface area (Å²) < 4.78 is 1.83. The van der Waals surface area contributed by atoms with Crippen molar-refractivity contribution in [3.8, 4) is 0 Å². The minimum atomic E-state index is -0.330. The van der Waals surface area contributed by atoms with Gasteiger partial charge in [0.25, 0.3) is 11.5 Å². The highest BCUT2D eigenvalue weighted by molar-refractivity contribution is 5.92. The lowest BCUT2D eigenvalue weighted by Crippen LogP contribution is -2.39. The second kappa shape index (κ2) is 6.81. The quantitative estimate of drug-likeness (QED) is 0.721. The van der Waals surface area contributed by atoms with E-state index < -0.39 is 0 Å². The van der Waals surface area contributed by atoms with Crippen molar-refractivity contribution in [1.82, 2.24) is 34.7 Å². The monoisotopic (exact) mass is 381 g/mol. The van der Waals surface area contributed by atoms with Gasteiger partial charge in [0.1, 0.15) is 5.69 Å². The Hall–Kier alpha value is -3.10. The second-order valence-electron chi connectivity index (χ2n) is 8.16. The van der Waals surface area contributed by atoms with Crippen LogP contribution in [0, 0.1) is 0 Å². The van der Waals surface area contributed by atoms with Crippen LogP contribution in [0.15, 0.2) is 29.3 Å². The molecule has 9 nitrogen and oxygen atoms in total. The molecule has 4 rings (SSSR count). The number of hydrogen-bond donors (Lipinski definition) is 1. The molecule has 1 fully saturated rings. The fourth-order valence-electron chi connectivity index (χ4n) is 3.45. The number of hydrogen-bond acceptors (Lipinski definition) is 6. The summed E-state index contributed by atoms with van der Waals surface area (Å²) in [6.07, 6.45) is 2.78. The third-order valence-corrected chi connectivity index (χ3v) is 5.10. The fraction of sp³-hybridized carbons (Fsp3) is 0.474. The number of aromatic amines is 1. The molecular formula is C19H23N7O2. The summed E-state index contributed by atoms with van der Waals surface area (Å²) in [5, 5.41) is 13.4. The van der Waals surface area contributed by atoms with E-state index in [2.05, 4.69) is 40.9 Å². The Kier molecular flexibility index (Phi) is 4.44. The minimum absolute atomic E-state index is 0.0635. The van der Waals surface area contributed by atoms with Crippen molar-refractivity contribution in [2.45, 2.75) is 44.9 Å². The molecular weight excluding hydrogens is 358 g/mol. The lowest BCUT2D eigenvalue weighted by Gasteiger charge is -2.30. The van der Waals surface area contributed by atoms with Gasteiger partial charge in [-0.3, -0.25) is 9.59 Å². The van der Waals surface area contributed by atoms with Crippen LogP contribution in [0.3, 0.4) is 0 Å². The van der Waals surface area contributed by atoms with E-state index in [1.165, 1.54) is 12.4 Å². The van der Waals surface area contributed by atoms with Crippen LogP contribution in [0.2, 0.25) is 0 Å².